The van der Waals surface area contributed by atoms with Crippen LogP contribution in [0.2, 0.25) is 0 Å². The average molecular weight is 933 g/mol. The lowest BCUT2D eigenvalue weighted by Gasteiger charge is -2.53. The molecule has 3 heterocycles. The van der Waals surface area contributed by atoms with Crippen molar-refractivity contribution in [1.29, 1.82) is 0 Å². The first-order valence-electron chi connectivity index (χ1n) is 26.6. The molecule has 4 heteroatoms. The Kier molecular flexibility index (Phi) is 9.76. The average Bonchev–Trinajstić information content (AvgIpc) is 3.81. The Hall–Kier alpha value is -6.00. The van der Waals surface area contributed by atoms with Crippen LogP contribution in [-0.2, 0) is 21.7 Å². The van der Waals surface area contributed by atoms with E-state index in [2.05, 4.69) is 247 Å². The highest BCUT2D eigenvalue weighted by molar-refractivity contribution is 6.94. The molecule has 4 aliphatic rings. The molecule has 7 aromatic carbocycles. The molecule has 0 spiro atoms. The van der Waals surface area contributed by atoms with Crippen molar-refractivity contribution in [2.24, 2.45) is 16.7 Å². The van der Waals surface area contributed by atoms with Crippen molar-refractivity contribution in [2.45, 2.75) is 144 Å². The second kappa shape index (κ2) is 15.0. The third-order valence-corrected chi connectivity index (χ3v) is 18.0. The molecule has 2 aliphatic carbocycles. The lowest BCUT2D eigenvalue weighted by molar-refractivity contribution is -0.000566. The Morgan fingerprint density at radius 2 is 1.14 bits per heavy atom. The van der Waals surface area contributed by atoms with Crippen molar-refractivity contribution in [3.8, 4) is 22.3 Å². The largest absolute Gasteiger partial charge is 0.455 e. The van der Waals surface area contributed by atoms with E-state index in [-0.39, 0.29) is 39.3 Å². The quantitative estimate of drug-likeness (QED) is 0.165. The molecule has 0 N–H and O–H groups in total. The maximum Gasteiger partial charge on any atom is 0.333 e. The van der Waals surface area contributed by atoms with E-state index < -0.39 is 0 Å². The van der Waals surface area contributed by atoms with Crippen LogP contribution in [0.5, 0.6) is 0 Å². The molecule has 360 valence electrons. The van der Waals surface area contributed by atoms with Crippen LogP contribution in [-0.4, -0.2) is 6.85 Å². The van der Waals surface area contributed by atoms with E-state index in [1.54, 1.807) is 0 Å². The normalized spacial score (nSPS) is 19.6. The van der Waals surface area contributed by atoms with E-state index in [4.69, 9.17) is 4.42 Å². The highest BCUT2D eigenvalue weighted by Gasteiger charge is 2.60. The van der Waals surface area contributed by atoms with Crippen molar-refractivity contribution in [3.63, 3.8) is 0 Å². The van der Waals surface area contributed by atoms with Gasteiger partial charge in [-0.2, -0.15) is 0 Å². The zero-order chi connectivity index (χ0) is 50.1. The van der Waals surface area contributed by atoms with E-state index in [1.165, 1.54) is 102 Å². The van der Waals surface area contributed by atoms with Gasteiger partial charge in [-0.15, -0.1) is 0 Å². The van der Waals surface area contributed by atoms with Gasteiger partial charge in [0.2, 0.25) is 0 Å². The minimum absolute atomic E-state index is 0.0182. The maximum atomic E-state index is 7.33. The predicted molar refractivity (Wildman–Crippen MR) is 305 cm³/mol. The molecular weight excluding hydrogens is 860 g/mol. The predicted octanol–water partition coefficient (Wildman–Crippen LogP) is 17.7. The van der Waals surface area contributed by atoms with Gasteiger partial charge >= 0.3 is 6.85 Å². The van der Waals surface area contributed by atoms with Crippen molar-refractivity contribution in [3.05, 3.63) is 161 Å². The SMILES string of the molecule is CC(C)(C)c1ccc(N2B3c4cc(C(C)(C)C)ccc4N(c4ccc(C(C)(C)C)cc4-c4ccccc4)c4cc5c(oc6ccccc65)c(c43)-c3cc4c(cc32)C(C)(C)C2C4C(C)(C)CCC2(C)C)cc1. The minimum Gasteiger partial charge on any atom is -0.455 e. The highest BCUT2D eigenvalue weighted by Crippen LogP contribution is 2.69. The summed E-state index contributed by atoms with van der Waals surface area (Å²) in [5.41, 5.74) is 22.8. The Bertz CT molecular complexity index is 3480. The molecule has 0 saturated heterocycles. The summed E-state index contributed by atoms with van der Waals surface area (Å²) in [5, 5.41) is 2.31. The van der Waals surface area contributed by atoms with E-state index in [9.17, 15) is 0 Å². The van der Waals surface area contributed by atoms with Gasteiger partial charge < -0.3 is 14.1 Å². The van der Waals surface area contributed by atoms with Gasteiger partial charge in [0.1, 0.15) is 11.2 Å². The van der Waals surface area contributed by atoms with Crippen LogP contribution >= 0.6 is 0 Å². The van der Waals surface area contributed by atoms with Gasteiger partial charge in [0.25, 0.3) is 0 Å². The smallest absolute Gasteiger partial charge is 0.333 e. The van der Waals surface area contributed by atoms with Gasteiger partial charge in [-0.25, -0.2) is 0 Å². The van der Waals surface area contributed by atoms with Crippen LogP contribution in [0.4, 0.5) is 28.4 Å². The molecule has 0 radical (unpaired) electrons. The molecule has 0 amide bonds. The number of fused-ring (bicyclic) bond motifs is 11. The second-order valence-electron chi connectivity index (χ2n) is 27.0. The number of nitrogens with zero attached hydrogens (tertiary/aromatic N) is 2. The molecule has 2 aliphatic heterocycles. The Balaban J connectivity index is 1.26. The van der Waals surface area contributed by atoms with Crippen LogP contribution in [0.3, 0.4) is 0 Å². The van der Waals surface area contributed by atoms with Crippen LogP contribution in [0.25, 0.3) is 44.2 Å². The number of benzene rings is 7. The first-order valence-corrected chi connectivity index (χ1v) is 26.6. The molecule has 12 rings (SSSR count). The summed E-state index contributed by atoms with van der Waals surface area (Å²) < 4.78 is 7.33. The summed E-state index contributed by atoms with van der Waals surface area (Å²) in [6.45, 7) is 36.3. The van der Waals surface area contributed by atoms with Crippen LogP contribution < -0.4 is 20.6 Å². The lowest BCUT2D eigenvalue weighted by atomic mass is 9.43. The molecule has 2 atom stereocenters. The van der Waals surface area contributed by atoms with E-state index in [0.29, 0.717) is 11.8 Å². The molecule has 1 fully saturated rings. The summed E-state index contributed by atoms with van der Waals surface area (Å²) in [4.78, 5) is 5.39. The standard InChI is InChI=1S/C67H73BN2O/c1-62(2,3)41-25-29-44(30-26-41)70-54-39-50-48(58-61(67(50,14)15)66(12,13)34-33-65(58,10)11)37-49(54)57-59-55(38-47-45-23-19-20-24-56(45)71-60(47)57)69(53-32-28-43(64(7,8)9)36-51(53)68(59)70)52-31-27-42(63(4,5)6)35-46(52)40-21-17-16-18-22-40/h16-32,35-39,58,61H,33-34H2,1-15H3. The van der Waals surface area contributed by atoms with Crippen LogP contribution in [0.15, 0.2) is 138 Å². The molecule has 0 bridgehead atoms. The summed E-state index contributed by atoms with van der Waals surface area (Å²) in [6.07, 6.45) is 2.46. The van der Waals surface area contributed by atoms with E-state index >= 15 is 0 Å². The number of hydrogen-bond acceptors (Lipinski definition) is 3. The number of para-hydroxylation sites is 1. The van der Waals surface area contributed by atoms with E-state index in [0.717, 1.165) is 21.9 Å². The zero-order valence-electron chi connectivity index (χ0n) is 45.2. The fourth-order valence-corrected chi connectivity index (χ4v) is 14.3. The molecule has 3 nitrogen and oxygen atoms in total. The Morgan fingerprint density at radius 3 is 1.82 bits per heavy atom. The van der Waals surface area contributed by atoms with Gasteiger partial charge in [-0.1, -0.05) is 183 Å². The molecule has 2 unspecified atom stereocenters. The van der Waals surface area contributed by atoms with Crippen molar-refractivity contribution in [2.75, 3.05) is 9.71 Å². The number of anilines is 5. The van der Waals surface area contributed by atoms with Gasteiger partial charge in [0.15, 0.2) is 0 Å². The Morgan fingerprint density at radius 1 is 0.535 bits per heavy atom. The molecule has 71 heavy (non-hydrogen) atoms. The highest BCUT2D eigenvalue weighted by atomic mass is 16.3. The lowest BCUT2D eigenvalue weighted by Crippen LogP contribution is -2.62. The maximum absolute atomic E-state index is 7.33. The fourth-order valence-electron chi connectivity index (χ4n) is 14.3. The Labute approximate surface area is 424 Å². The molecule has 1 saturated carbocycles. The van der Waals surface area contributed by atoms with Gasteiger partial charge in [0, 0.05) is 50.2 Å². The number of hydrogen-bond donors (Lipinski definition) is 0. The third kappa shape index (κ3) is 6.82. The fraction of sp³-hybridized carbons (Fsp3) is 0.373. The molecule has 1 aromatic heterocycles. The third-order valence-electron chi connectivity index (χ3n) is 18.0. The first-order chi connectivity index (χ1) is 33.4. The number of rotatable bonds is 3. The monoisotopic (exact) mass is 933 g/mol. The van der Waals surface area contributed by atoms with Crippen molar-refractivity contribution >= 4 is 68.1 Å². The van der Waals surface area contributed by atoms with Gasteiger partial charge in [-0.05, 0) is 156 Å². The van der Waals surface area contributed by atoms with Gasteiger partial charge in [0.05, 0.1) is 5.69 Å². The van der Waals surface area contributed by atoms with Crippen molar-refractivity contribution in [1.82, 2.24) is 0 Å². The van der Waals surface area contributed by atoms with Crippen LogP contribution in [0.1, 0.15) is 150 Å². The zero-order valence-corrected chi connectivity index (χ0v) is 45.2. The number of furan rings is 1. The minimum atomic E-state index is -0.161. The first kappa shape index (κ1) is 46.1. The van der Waals surface area contributed by atoms with Crippen molar-refractivity contribution < 1.29 is 4.42 Å². The molecule has 8 aromatic rings. The van der Waals surface area contributed by atoms with E-state index in [1.807, 2.05) is 0 Å². The summed E-state index contributed by atoms with van der Waals surface area (Å²) in [6, 6.07) is 51.9. The topological polar surface area (TPSA) is 19.6 Å². The van der Waals surface area contributed by atoms with Crippen LogP contribution in [0, 0.1) is 16.7 Å². The van der Waals surface area contributed by atoms with Gasteiger partial charge in [-0.3, -0.25) is 0 Å². The summed E-state index contributed by atoms with van der Waals surface area (Å²) >= 11 is 0. The molecular formula is C67H73BN2O. The second-order valence-corrected chi connectivity index (χ2v) is 27.0. The summed E-state index contributed by atoms with van der Waals surface area (Å²) in [7, 11) is 0. The summed E-state index contributed by atoms with van der Waals surface area (Å²) in [5.74, 6) is 0.921.